The lowest BCUT2D eigenvalue weighted by atomic mass is 10.1. The summed E-state index contributed by atoms with van der Waals surface area (Å²) in [7, 11) is 1.71. The minimum Gasteiger partial charge on any atom is -0.320 e. The number of nitrogens with zero attached hydrogens (tertiary/aromatic N) is 3. The van der Waals surface area contributed by atoms with Gasteiger partial charge in [-0.2, -0.15) is 5.26 Å². The zero-order valence-corrected chi connectivity index (χ0v) is 10.4. The van der Waals surface area contributed by atoms with Crippen molar-refractivity contribution >= 4 is 11.7 Å². The van der Waals surface area contributed by atoms with Crippen LogP contribution >= 0.6 is 0 Å². The quantitative estimate of drug-likeness (QED) is 0.733. The Hall–Kier alpha value is -2.09. The van der Waals surface area contributed by atoms with Crippen molar-refractivity contribution in [3.05, 3.63) is 23.5 Å². The number of nitrogens with one attached hydrogen (secondary N) is 1. The molecule has 1 aliphatic heterocycles. The number of amidine groups is 1. The monoisotopic (exact) mass is 232 g/mol. The van der Waals surface area contributed by atoms with E-state index in [1.807, 2.05) is 6.92 Å². The summed E-state index contributed by atoms with van der Waals surface area (Å²) in [6.45, 7) is 7.70. The van der Waals surface area contributed by atoms with Gasteiger partial charge >= 0.3 is 0 Å². The van der Waals surface area contributed by atoms with Gasteiger partial charge in [0.1, 0.15) is 11.7 Å². The number of rotatable bonds is 2. The molecule has 1 fully saturated rings. The maximum atomic E-state index is 11.8. The van der Waals surface area contributed by atoms with Gasteiger partial charge in [0.2, 0.25) is 5.91 Å². The van der Waals surface area contributed by atoms with Gasteiger partial charge in [-0.3, -0.25) is 15.1 Å². The maximum Gasteiger partial charge on any atom is 0.235 e. The van der Waals surface area contributed by atoms with Gasteiger partial charge in [-0.15, -0.1) is 0 Å². The molecule has 1 saturated heterocycles. The highest BCUT2D eigenvalue weighted by Crippen LogP contribution is 2.19. The third-order valence-electron chi connectivity index (χ3n) is 2.93. The van der Waals surface area contributed by atoms with Gasteiger partial charge in [-0.1, -0.05) is 6.58 Å². The van der Waals surface area contributed by atoms with Crippen LogP contribution in [0.3, 0.4) is 0 Å². The SMILES string of the molecule is C=C1N(C)C(=N)CC(=O)N1CC(C)=C(C)C#N. The summed E-state index contributed by atoms with van der Waals surface area (Å²) in [6.07, 6.45) is 0.0778. The normalized spacial score (nSPS) is 18.1. The molecule has 90 valence electrons. The van der Waals surface area contributed by atoms with Crippen LogP contribution in [0, 0.1) is 16.7 Å². The van der Waals surface area contributed by atoms with Crippen molar-refractivity contribution in [1.29, 1.82) is 10.7 Å². The van der Waals surface area contributed by atoms with E-state index in [9.17, 15) is 4.79 Å². The van der Waals surface area contributed by atoms with Gasteiger partial charge < -0.3 is 4.90 Å². The van der Waals surface area contributed by atoms with Crippen LogP contribution in [0.2, 0.25) is 0 Å². The van der Waals surface area contributed by atoms with Gasteiger partial charge in [0.25, 0.3) is 0 Å². The fourth-order valence-electron chi connectivity index (χ4n) is 1.47. The van der Waals surface area contributed by atoms with Gasteiger partial charge in [0.05, 0.1) is 12.5 Å². The number of hydrogen-bond donors (Lipinski definition) is 1. The molecule has 0 aromatic rings. The Kier molecular flexibility index (Phi) is 3.69. The van der Waals surface area contributed by atoms with Gasteiger partial charge in [-0.05, 0) is 19.4 Å². The molecular weight excluding hydrogens is 216 g/mol. The highest BCUT2D eigenvalue weighted by atomic mass is 16.2. The third kappa shape index (κ3) is 2.53. The fourth-order valence-corrected chi connectivity index (χ4v) is 1.47. The van der Waals surface area contributed by atoms with Crippen LogP contribution in [0.25, 0.3) is 0 Å². The first-order valence-corrected chi connectivity index (χ1v) is 5.25. The second-order valence-corrected chi connectivity index (χ2v) is 4.10. The Morgan fingerprint density at radius 1 is 1.59 bits per heavy atom. The van der Waals surface area contributed by atoms with E-state index < -0.39 is 0 Å². The molecule has 1 heterocycles. The minimum absolute atomic E-state index is 0.0778. The van der Waals surface area contributed by atoms with Gasteiger partial charge in [-0.25, -0.2) is 0 Å². The largest absolute Gasteiger partial charge is 0.320 e. The standard InChI is InChI=1S/C12H16N4O/c1-8(6-13)9(2)7-16-10(3)15(4)11(14)5-12(16)17/h14H,3,5,7H2,1-2,4H3. The number of amides is 1. The molecule has 0 spiro atoms. The predicted octanol–water partition coefficient (Wildman–Crippen LogP) is 1.46. The summed E-state index contributed by atoms with van der Waals surface area (Å²) in [5.74, 6) is 0.578. The van der Waals surface area contributed by atoms with Crippen molar-refractivity contribution in [2.24, 2.45) is 0 Å². The number of carbonyl (C=O) groups excluding carboxylic acids is 1. The van der Waals surface area contributed by atoms with Gasteiger partial charge in [0, 0.05) is 19.2 Å². The van der Waals surface area contributed by atoms with E-state index in [2.05, 4.69) is 12.6 Å². The van der Waals surface area contributed by atoms with Gasteiger partial charge in [0.15, 0.2) is 0 Å². The number of nitriles is 1. The second-order valence-electron chi connectivity index (χ2n) is 4.10. The molecule has 0 bridgehead atoms. The van der Waals surface area contributed by atoms with Crippen molar-refractivity contribution < 1.29 is 4.79 Å². The summed E-state index contributed by atoms with van der Waals surface area (Å²) < 4.78 is 0. The molecular formula is C12H16N4O. The van der Waals surface area contributed by atoms with Crippen LogP contribution in [-0.4, -0.2) is 35.1 Å². The predicted molar refractivity (Wildman–Crippen MR) is 64.9 cm³/mol. The molecule has 0 unspecified atom stereocenters. The van der Waals surface area contributed by atoms with E-state index in [4.69, 9.17) is 10.7 Å². The van der Waals surface area contributed by atoms with Crippen LogP contribution in [0.5, 0.6) is 0 Å². The van der Waals surface area contributed by atoms with Crippen molar-refractivity contribution in [3.63, 3.8) is 0 Å². The lowest BCUT2D eigenvalue weighted by Gasteiger charge is -2.36. The topological polar surface area (TPSA) is 71.2 Å². The Labute approximate surface area is 101 Å². The zero-order valence-electron chi connectivity index (χ0n) is 10.4. The first-order chi connectivity index (χ1) is 7.88. The van der Waals surface area contributed by atoms with Crippen molar-refractivity contribution in [1.82, 2.24) is 9.80 Å². The third-order valence-corrected chi connectivity index (χ3v) is 2.93. The van der Waals surface area contributed by atoms with Crippen LogP contribution in [0.4, 0.5) is 0 Å². The number of hydrogen-bond acceptors (Lipinski definition) is 3. The molecule has 1 rings (SSSR count). The molecule has 0 atom stereocenters. The molecule has 5 heteroatoms. The van der Waals surface area contributed by atoms with Crippen molar-refractivity contribution in [2.75, 3.05) is 13.6 Å². The molecule has 0 saturated carbocycles. The average Bonchev–Trinajstić information content (AvgIpc) is 2.30. The molecule has 0 aromatic carbocycles. The minimum atomic E-state index is -0.150. The van der Waals surface area contributed by atoms with E-state index >= 15 is 0 Å². The summed E-state index contributed by atoms with van der Waals surface area (Å²) in [5, 5.41) is 16.4. The molecule has 0 aromatic heterocycles. The Morgan fingerprint density at radius 3 is 2.71 bits per heavy atom. The van der Waals surface area contributed by atoms with Crippen LogP contribution in [-0.2, 0) is 4.79 Å². The lowest BCUT2D eigenvalue weighted by Crippen LogP contribution is -2.47. The number of allylic oxidation sites excluding steroid dienone is 1. The molecule has 1 aliphatic rings. The Bertz CT molecular complexity index is 456. The maximum absolute atomic E-state index is 11.8. The van der Waals surface area contributed by atoms with E-state index in [1.54, 1.807) is 18.9 Å². The van der Waals surface area contributed by atoms with Crippen LogP contribution < -0.4 is 0 Å². The number of carbonyl (C=O) groups is 1. The van der Waals surface area contributed by atoms with E-state index in [0.717, 1.165) is 5.57 Å². The highest BCUT2D eigenvalue weighted by Gasteiger charge is 2.29. The smallest absolute Gasteiger partial charge is 0.235 e. The molecule has 0 radical (unpaired) electrons. The van der Waals surface area contributed by atoms with Crippen molar-refractivity contribution in [2.45, 2.75) is 20.3 Å². The van der Waals surface area contributed by atoms with Crippen LogP contribution in [0.15, 0.2) is 23.5 Å². The molecule has 17 heavy (non-hydrogen) atoms. The first-order valence-electron chi connectivity index (χ1n) is 5.25. The molecule has 5 nitrogen and oxygen atoms in total. The molecule has 1 N–H and O–H groups in total. The fraction of sp³-hybridized carbons (Fsp3) is 0.417. The van der Waals surface area contributed by atoms with E-state index in [1.165, 1.54) is 4.90 Å². The van der Waals surface area contributed by atoms with E-state index in [0.29, 0.717) is 17.9 Å². The highest BCUT2D eigenvalue weighted by molar-refractivity contribution is 6.02. The summed E-state index contributed by atoms with van der Waals surface area (Å²) in [5.41, 5.74) is 1.44. The Balaban J connectivity index is 2.92. The molecule has 1 amide bonds. The van der Waals surface area contributed by atoms with Crippen LogP contribution in [0.1, 0.15) is 20.3 Å². The second kappa shape index (κ2) is 4.83. The zero-order chi connectivity index (χ0) is 13.2. The average molecular weight is 232 g/mol. The van der Waals surface area contributed by atoms with E-state index in [-0.39, 0.29) is 18.2 Å². The molecule has 0 aliphatic carbocycles. The summed E-state index contributed by atoms with van der Waals surface area (Å²) in [6, 6.07) is 2.06. The Morgan fingerprint density at radius 2 is 2.18 bits per heavy atom. The van der Waals surface area contributed by atoms with Crippen molar-refractivity contribution in [3.8, 4) is 6.07 Å². The summed E-state index contributed by atoms with van der Waals surface area (Å²) in [4.78, 5) is 14.9. The first kappa shape index (κ1) is 13.0. The lowest BCUT2D eigenvalue weighted by molar-refractivity contribution is -0.129. The summed E-state index contributed by atoms with van der Waals surface area (Å²) >= 11 is 0.